The minimum atomic E-state index is -4.13. The van der Waals surface area contributed by atoms with Gasteiger partial charge >= 0.3 is 6.18 Å². The number of benzene rings is 6. The average Bonchev–Trinajstić information content (AvgIpc) is 1.73. The van der Waals surface area contributed by atoms with Gasteiger partial charge in [0.2, 0.25) is 11.8 Å². The number of carbonyl (C=O) groups excluding carboxylic acids is 7. The molecule has 0 saturated carbocycles. The van der Waals surface area contributed by atoms with Crippen LogP contribution in [0.1, 0.15) is 155 Å². The number of rotatable bonds is 40. The van der Waals surface area contributed by atoms with Crippen LogP contribution in [-0.2, 0) is 46.4 Å². The van der Waals surface area contributed by atoms with Gasteiger partial charge in [0.25, 0.3) is 0 Å². The Morgan fingerprint density at radius 2 is 0.607 bits per heavy atom. The van der Waals surface area contributed by atoms with Crippen molar-refractivity contribution in [2.45, 2.75) is 130 Å². The Morgan fingerprint density at radius 1 is 0.329 bits per heavy atom. The number of fused-ring (bicyclic) bond motifs is 1. The molecule has 10 heterocycles. The number of hydrogen-bond acceptors (Lipinski definition) is 27. The molecule has 768 valence electrons. The van der Waals surface area contributed by atoms with Crippen molar-refractivity contribution in [2.24, 2.45) is 5.92 Å². The normalized spacial score (nSPS) is 19.8. The van der Waals surface area contributed by atoms with Gasteiger partial charge in [0.15, 0.2) is 28.9 Å². The smallest absolute Gasteiger partial charge is 0.391 e. The molecule has 140 heavy (non-hydrogen) atoms. The molecule has 32 heteroatoms. The van der Waals surface area contributed by atoms with Crippen molar-refractivity contribution < 1.29 is 94.1 Å². The van der Waals surface area contributed by atoms with E-state index in [2.05, 4.69) is 75.3 Å². The molecule has 6 aromatic carbocycles. The Morgan fingerprint density at radius 3 is 0.907 bits per heavy atom. The summed E-state index contributed by atoms with van der Waals surface area (Å²) in [6, 6.07) is 46.1. The molecule has 0 aromatic heterocycles. The van der Waals surface area contributed by atoms with E-state index in [4.69, 9.17) is 47.4 Å². The number of Topliss-reactive ketones (excluding diaryl/α,β-unsaturated/α-hetero) is 5. The van der Waals surface area contributed by atoms with Crippen molar-refractivity contribution in [3.8, 4) is 28.7 Å². The molecule has 29 nitrogen and oxygen atoms in total. The quantitative estimate of drug-likeness (QED) is 0.0256. The van der Waals surface area contributed by atoms with Gasteiger partial charge in [-0.1, -0.05) is 24.3 Å². The van der Waals surface area contributed by atoms with Crippen molar-refractivity contribution in [1.29, 1.82) is 0 Å². The molecule has 3 atom stereocenters. The lowest BCUT2D eigenvalue weighted by molar-refractivity contribution is -0.184. The van der Waals surface area contributed by atoms with E-state index in [0.717, 1.165) is 260 Å². The Balaban J connectivity index is 0.000000157. The van der Waals surface area contributed by atoms with Gasteiger partial charge in [-0.15, -0.1) is 0 Å². The molecule has 0 bridgehead atoms. The number of ketones is 5. The molecule has 6 aromatic rings. The topological polar surface area (TPSA) is 251 Å². The molecule has 10 aliphatic rings. The number of nitrogens with zero attached hydrogens (tertiary/aromatic N) is 12. The minimum Gasteiger partial charge on any atom is -0.494 e. The van der Waals surface area contributed by atoms with Crippen LogP contribution in [0.15, 0.2) is 146 Å². The molecule has 2 amide bonds. The summed E-state index contributed by atoms with van der Waals surface area (Å²) in [5.41, 5.74) is 6.39. The summed E-state index contributed by atoms with van der Waals surface area (Å²) in [5.74, 6) is 3.59. The molecule has 0 radical (unpaired) electrons. The third-order valence-corrected chi connectivity index (χ3v) is 27.9. The Hall–Kier alpha value is -9.20. The van der Waals surface area contributed by atoms with Crippen LogP contribution in [0.25, 0.3) is 0 Å². The van der Waals surface area contributed by atoms with Gasteiger partial charge < -0.3 is 62.1 Å². The molecule has 2 unspecified atom stereocenters. The largest absolute Gasteiger partial charge is 0.494 e. The molecule has 0 N–H and O–H groups in total. The average molecular weight is 1950 g/mol. The maximum atomic E-state index is 12.7. The number of morpholine rings is 5. The van der Waals surface area contributed by atoms with E-state index in [-0.39, 0.29) is 72.2 Å². The highest BCUT2D eigenvalue weighted by molar-refractivity contribution is 6.01. The van der Waals surface area contributed by atoms with Gasteiger partial charge in [-0.05, 0) is 231 Å². The first-order chi connectivity index (χ1) is 68.0. The summed E-state index contributed by atoms with van der Waals surface area (Å²) in [6.45, 7) is 45.6. The van der Waals surface area contributed by atoms with E-state index in [1.54, 1.807) is 38.1 Å². The lowest BCUT2D eigenvalue weighted by atomic mass is 9.96. The predicted octanol–water partition coefficient (Wildman–Crippen LogP) is 11.7. The van der Waals surface area contributed by atoms with Crippen molar-refractivity contribution in [3.63, 3.8) is 0 Å². The van der Waals surface area contributed by atoms with E-state index < -0.39 is 12.1 Å². The van der Waals surface area contributed by atoms with Gasteiger partial charge in [0, 0.05) is 211 Å². The monoisotopic (exact) mass is 1950 g/mol. The Labute approximate surface area is 827 Å². The fraction of sp³-hybridized carbons (Fsp3) is 0.602. The lowest BCUT2D eigenvalue weighted by Gasteiger charge is -2.34. The van der Waals surface area contributed by atoms with Crippen LogP contribution in [0.5, 0.6) is 28.7 Å². The van der Waals surface area contributed by atoms with Crippen LogP contribution in [0.4, 0.5) is 13.2 Å². The molecule has 0 spiro atoms. The summed E-state index contributed by atoms with van der Waals surface area (Å²) < 4.78 is 94.0. The fourth-order valence-electron chi connectivity index (χ4n) is 18.9. The maximum Gasteiger partial charge on any atom is 0.391 e. The van der Waals surface area contributed by atoms with E-state index in [1.807, 2.05) is 126 Å². The number of ether oxygens (including phenoxy) is 10. The number of hydrogen-bond donors (Lipinski definition) is 0. The minimum absolute atomic E-state index is 0.0648. The molecule has 0 aliphatic carbocycles. The van der Waals surface area contributed by atoms with E-state index >= 15 is 0 Å². The van der Waals surface area contributed by atoms with Gasteiger partial charge in [-0.2, -0.15) is 13.2 Å². The highest BCUT2D eigenvalue weighted by Crippen LogP contribution is 2.35. The van der Waals surface area contributed by atoms with Gasteiger partial charge in [0.05, 0.1) is 137 Å². The molecular weight excluding hydrogens is 1790 g/mol. The number of piperidine rings is 1. The van der Waals surface area contributed by atoms with E-state index in [0.29, 0.717) is 124 Å². The second kappa shape index (κ2) is 59.1. The second-order valence-electron chi connectivity index (χ2n) is 37.8. The van der Waals surface area contributed by atoms with Crippen LogP contribution in [0.3, 0.4) is 0 Å². The lowest BCUT2D eigenvalue weighted by Crippen LogP contribution is -2.48. The zero-order valence-electron chi connectivity index (χ0n) is 83.5. The number of amides is 2. The van der Waals surface area contributed by atoms with Crippen LogP contribution >= 0.6 is 0 Å². The van der Waals surface area contributed by atoms with Gasteiger partial charge in [-0.25, -0.2) is 0 Å². The molecular formula is C108H153F3N12O17. The van der Waals surface area contributed by atoms with Gasteiger partial charge in [0.1, 0.15) is 28.7 Å². The number of carbonyl (C=O) groups is 7. The van der Waals surface area contributed by atoms with Crippen molar-refractivity contribution in [1.82, 2.24) is 58.8 Å². The van der Waals surface area contributed by atoms with Crippen molar-refractivity contribution in [3.05, 3.63) is 185 Å². The summed E-state index contributed by atoms with van der Waals surface area (Å²) in [6.07, 6.45) is 3.40. The summed E-state index contributed by atoms with van der Waals surface area (Å²) in [5, 5.41) is 0. The van der Waals surface area contributed by atoms with Crippen LogP contribution in [0, 0.1) is 5.92 Å². The Bertz CT molecular complexity index is 4630. The highest BCUT2D eigenvalue weighted by Gasteiger charge is 2.41. The summed E-state index contributed by atoms with van der Waals surface area (Å²) in [4.78, 5) is 112. The number of halogens is 3. The molecule has 9 fully saturated rings. The van der Waals surface area contributed by atoms with E-state index in [1.165, 1.54) is 30.5 Å². The van der Waals surface area contributed by atoms with Crippen LogP contribution in [0.2, 0.25) is 0 Å². The summed E-state index contributed by atoms with van der Waals surface area (Å²) >= 11 is 0. The predicted molar refractivity (Wildman–Crippen MR) is 533 cm³/mol. The van der Waals surface area contributed by atoms with Gasteiger partial charge in [-0.3, -0.25) is 77.7 Å². The number of likely N-dealkylation sites (tertiary alicyclic amines) is 2. The first-order valence-corrected chi connectivity index (χ1v) is 51.1. The third kappa shape index (κ3) is 37.5. The number of alkyl halides is 3. The zero-order chi connectivity index (χ0) is 98.6. The number of piperazine rings is 2. The SMILES string of the molecule is CC(=O)N1CCN(CCCOc2ccc(C(=O)C(C)N3CCOCC3)cc2)CC1.CC(=O)N1CCN(CCCOc2ccc(C(=O)CN3CCOCC3)cc2)CC1.CC(C(=O)c1ccc(OCCCN2CCOCC2)cc1)N1CCOCC1.C[C@@H]1CCCN1CCCOc1ccc(C(=O)CN2CCC(C(F)(F)F)CC2)cc1.O=C(CN1CCOCC1)c1ccc(OCCCN2Cc3ccccc3C2)cc1. The first kappa shape index (κ1) is 110. The summed E-state index contributed by atoms with van der Waals surface area (Å²) in [7, 11) is 0. The zero-order valence-corrected chi connectivity index (χ0v) is 83.5. The molecule has 9 saturated heterocycles. The standard InChI is InChI=1S/C23H28N2O3.C22H31F3N2O2.C22H33N3O4.C21H31N3O4.C20H30N2O4/c26-23(18-24-11-14-27-15-12-24)19-6-8-22(9-7-19)28-13-3-10-25-16-20-4-1-2-5-21(20)17-25;1-17-4-2-11-27(17)12-3-15-29-20-7-5-18(6-8-20)21(28)16-26-13-9-19(10-14-26)22(23,24)25;1-18(24-13-16-28-17-14-24)22(27)20-4-6-21(7-5-20)29-15-3-8-23-9-11-25(12-10-23)19(2)26;1-18(25)24-10-8-22(9-11-24)7-2-14-28-20-5-3-19(4-6-20)21(26)17-23-12-15-27-16-13-23;1-17(22-10-15-25-16-11-22)20(23)18-3-5-19(6-4-18)26-12-2-7-21-8-13-24-14-9-21/h1-2,4-9H,3,10-18H2;5-8,17,19H,2-4,9-16H2,1H3;4-7,18H,3,8-17H2,1-2H3;3-6H,2,7-17H2,1H3;3-6,17H,2,7-16H2,1H3/t;17-;;;/m.1.../s1. The van der Waals surface area contributed by atoms with E-state index in [9.17, 15) is 46.7 Å². The maximum absolute atomic E-state index is 12.7. The van der Waals surface area contributed by atoms with Crippen LogP contribution in [-0.4, -0.2) is 413 Å². The highest BCUT2D eigenvalue weighted by atomic mass is 19.4. The Kier molecular flexibility index (Phi) is 46.3. The first-order valence-electron chi connectivity index (χ1n) is 51.1. The second-order valence-corrected chi connectivity index (χ2v) is 37.8. The van der Waals surface area contributed by atoms with Crippen LogP contribution < -0.4 is 23.7 Å². The van der Waals surface area contributed by atoms with Crippen molar-refractivity contribution >= 4 is 40.7 Å². The fourth-order valence-corrected chi connectivity index (χ4v) is 18.9. The molecule has 16 rings (SSSR count). The molecule has 10 aliphatic heterocycles. The van der Waals surface area contributed by atoms with Crippen molar-refractivity contribution in [2.75, 3.05) is 289 Å². The third-order valence-electron chi connectivity index (χ3n) is 27.9.